The smallest absolute Gasteiger partial charge is 0.336 e. The van der Waals surface area contributed by atoms with Crippen LogP contribution >= 0.6 is 0 Å². The van der Waals surface area contributed by atoms with Crippen molar-refractivity contribution >= 4 is 21.0 Å². The van der Waals surface area contributed by atoms with E-state index >= 15 is 0 Å². The molecule has 28 heavy (non-hydrogen) atoms. The fourth-order valence-corrected chi connectivity index (χ4v) is 3.93. The highest BCUT2D eigenvalue weighted by Gasteiger charge is 2.14. The van der Waals surface area contributed by atoms with E-state index in [-0.39, 0.29) is 11.4 Å². The fraction of sp³-hybridized carbons (Fsp3) is 0.100. The standard InChI is InChI=1S/C20H17N3O4S/c24-20-9-4-16-14-18(7-8-19(16)27-20)28(25,26)22-12-10-15-2-5-17(6-3-15)23-13-1-11-21-23/h1-9,11,13-14,22H,10,12H2. The van der Waals surface area contributed by atoms with E-state index in [1.54, 1.807) is 16.9 Å². The van der Waals surface area contributed by atoms with Gasteiger partial charge in [-0.15, -0.1) is 0 Å². The summed E-state index contributed by atoms with van der Waals surface area (Å²) in [6.07, 6.45) is 4.13. The van der Waals surface area contributed by atoms with Crippen molar-refractivity contribution in [2.24, 2.45) is 0 Å². The lowest BCUT2D eigenvalue weighted by molar-refractivity contribution is 0.560. The zero-order valence-corrected chi connectivity index (χ0v) is 15.6. The maximum Gasteiger partial charge on any atom is 0.336 e. The summed E-state index contributed by atoms with van der Waals surface area (Å²) in [4.78, 5) is 11.4. The highest BCUT2D eigenvalue weighted by Crippen LogP contribution is 2.17. The third-order valence-electron chi connectivity index (χ3n) is 4.31. The van der Waals surface area contributed by atoms with E-state index in [0.717, 1.165) is 11.3 Å². The number of nitrogens with one attached hydrogen (secondary N) is 1. The fourth-order valence-electron chi connectivity index (χ4n) is 2.87. The SMILES string of the molecule is O=c1ccc2cc(S(=O)(=O)NCCc3ccc(-n4cccn4)cc3)ccc2o1. The van der Waals surface area contributed by atoms with Crippen LogP contribution in [-0.2, 0) is 16.4 Å². The molecule has 0 amide bonds. The molecule has 142 valence electrons. The first-order valence-corrected chi connectivity index (χ1v) is 10.1. The summed E-state index contributed by atoms with van der Waals surface area (Å²) in [5.41, 5.74) is 1.83. The molecule has 4 aromatic rings. The van der Waals surface area contributed by atoms with Crippen LogP contribution in [0.15, 0.2) is 87.2 Å². The van der Waals surface area contributed by atoms with Gasteiger partial charge >= 0.3 is 5.63 Å². The largest absolute Gasteiger partial charge is 0.423 e. The molecule has 0 aliphatic carbocycles. The number of hydrogen-bond acceptors (Lipinski definition) is 5. The van der Waals surface area contributed by atoms with E-state index in [9.17, 15) is 13.2 Å². The van der Waals surface area contributed by atoms with Crippen molar-refractivity contribution in [3.05, 3.63) is 89.0 Å². The van der Waals surface area contributed by atoms with Crippen molar-refractivity contribution in [2.45, 2.75) is 11.3 Å². The zero-order chi connectivity index (χ0) is 19.6. The zero-order valence-electron chi connectivity index (χ0n) is 14.8. The summed E-state index contributed by atoms with van der Waals surface area (Å²) in [7, 11) is -3.66. The molecule has 0 bridgehead atoms. The molecule has 0 aliphatic heterocycles. The molecule has 0 saturated heterocycles. The monoisotopic (exact) mass is 395 g/mol. The summed E-state index contributed by atoms with van der Waals surface area (Å²) in [6, 6.07) is 16.8. The van der Waals surface area contributed by atoms with Crippen LogP contribution in [0, 0.1) is 0 Å². The van der Waals surface area contributed by atoms with Crippen molar-refractivity contribution in [2.75, 3.05) is 6.54 Å². The Balaban J connectivity index is 1.42. The predicted molar refractivity (Wildman–Crippen MR) is 105 cm³/mol. The minimum Gasteiger partial charge on any atom is -0.423 e. The minimum atomic E-state index is -3.66. The van der Waals surface area contributed by atoms with Crippen molar-refractivity contribution in [3.63, 3.8) is 0 Å². The van der Waals surface area contributed by atoms with E-state index < -0.39 is 15.6 Å². The summed E-state index contributed by atoms with van der Waals surface area (Å²) in [5.74, 6) is 0. The van der Waals surface area contributed by atoms with Crippen LogP contribution in [0.5, 0.6) is 0 Å². The summed E-state index contributed by atoms with van der Waals surface area (Å²) in [5, 5.41) is 4.72. The van der Waals surface area contributed by atoms with E-state index in [4.69, 9.17) is 4.42 Å². The number of hydrogen-bond donors (Lipinski definition) is 1. The van der Waals surface area contributed by atoms with E-state index in [1.807, 2.05) is 36.5 Å². The number of benzene rings is 2. The van der Waals surface area contributed by atoms with Gasteiger partial charge in [0.25, 0.3) is 0 Å². The molecule has 2 aromatic carbocycles. The van der Waals surface area contributed by atoms with Gasteiger partial charge < -0.3 is 4.42 Å². The topological polar surface area (TPSA) is 94.2 Å². The molecule has 2 heterocycles. The van der Waals surface area contributed by atoms with Gasteiger partial charge in [0.1, 0.15) is 5.58 Å². The van der Waals surface area contributed by atoms with Crippen LogP contribution in [0.4, 0.5) is 0 Å². The lowest BCUT2D eigenvalue weighted by Gasteiger charge is -2.08. The van der Waals surface area contributed by atoms with E-state index in [1.165, 1.54) is 24.3 Å². The third kappa shape index (κ3) is 3.88. The van der Waals surface area contributed by atoms with Crippen LogP contribution in [0.3, 0.4) is 0 Å². The molecule has 0 atom stereocenters. The summed E-state index contributed by atoms with van der Waals surface area (Å²) < 4.78 is 34.4. The lowest BCUT2D eigenvalue weighted by Crippen LogP contribution is -2.26. The van der Waals surface area contributed by atoms with Gasteiger partial charge in [-0.2, -0.15) is 5.10 Å². The second-order valence-corrected chi connectivity index (χ2v) is 7.99. The van der Waals surface area contributed by atoms with Gasteiger partial charge in [0.2, 0.25) is 10.0 Å². The average Bonchev–Trinajstić information content (AvgIpc) is 3.23. The Morgan fingerprint density at radius 1 is 1.04 bits per heavy atom. The molecule has 8 heteroatoms. The Bertz CT molecular complexity index is 1260. The Morgan fingerprint density at radius 3 is 2.61 bits per heavy atom. The molecule has 4 rings (SSSR count). The summed E-state index contributed by atoms with van der Waals surface area (Å²) in [6.45, 7) is 0.269. The maximum atomic E-state index is 12.5. The summed E-state index contributed by atoms with van der Waals surface area (Å²) >= 11 is 0. The van der Waals surface area contributed by atoms with Crippen molar-refractivity contribution in [1.82, 2.24) is 14.5 Å². The number of fused-ring (bicyclic) bond motifs is 1. The van der Waals surface area contributed by atoms with Gasteiger partial charge in [-0.05, 0) is 54.4 Å². The van der Waals surface area contributed by atoms with Gasteiger partial charge in [0.15, 0.2) is 0 Å². The van der Waals surface area contributed by atoms with Gasteiger partial charge in [0, 0.05) is 30.4 Å². The third-order valence-corrected chi connectivity index (χ3v) is 5.77. The Hall–Kier alpha value is -3.23. The van der Waals surface area contributed by atoms with Crippen molar-refractivity contribution in [1.29, 1.82) is 0 Å². The van der Waals surface area contributed by atoms with Crippen LogP contribution < -0.4 is 10.3 Å². The number of sulfonamides is 1. The van der Waals surface area contributed by atoms with Gasteiger partial charge in [-0.1, -0.05) is 12.1 Å². The van der Waals surface area contributed by atoms with Crippen molar-refractivity contribution < 1.29 is 12.8 Å². The van der Waals surface area contributed by atoms with Crippen LogP contribution in [0.1, 0.15) is 5.56 Å². The first-order chi connectivity index (χ1) is 13.5. The highest BCUT2D eigenvalue weighted by atomic mass is 32.2. The Labute approximate surface area is 161 Å². The van der Waals surface area contributed by atoms with E-state index in [2.05, 4.69) is 9.82 Å². The van der Waals surface area contributed by atoms with Gasteiger partial charge in [-0.3, -0.25) is 0 Å². The second kappa shape index (κ2) is 7.41. The first kappa shape index (κ1) is 18.1. The maximum absolute atomic E-state index is 12.5. The van der Waals surface area contributed by atoms with Gasteiger partial charge in [-0.25, -0.2) is 22.6 Å². The highest BCUT2D eigenvalue weighted by molar-refractivity contribution is 7.89. The molecular formula is C20H17N3O4S. The van der Waals surface area contributed by atoms with E-state index in [0.29, 0.717) is 17.4 Å². The molecule has 1 N–H and O–H groups in total. The molecule has 0 fully saturated rings. The molecular weight excluding hydrogens is 378 g/mol. The predicted octanol–water partition coefficient (Wildman–Crippen LogP) is 2.50. The van der Waals surface area contributed by atoms with Gasteiger partial charge in [0.05, 0.1) is 10.6 Å². The van der Waals surface area contributed by atoms with Crippen molar-refractivity contribution in [3.8, 4) is 5.69 Å². The first-order valence-electron chi connectivity index (χ1n) is 8.64. The molecule has 7 nitrogen and oxygen atoms in total. The Kier molecular flexibility index (Phi) is 4.81. The number of aromatic nitrogens is 2. The normalized spacial score (nSPS) is 11.7. The molecule has 0 radical (unpaired) electrons. The van der Waals surface area contributed by atoms with Crippen LogP contribution in [0.25, 0.3) is 16.7 Å². The Morgan fingerprint density at radius 2 is 1.86 bits per heavy atom. The number of nitrogens with zero attached hydrogens (tertiary/aromatic N) is 2. The lowest BCUT2D eigenvalue weighted by atomic mass is 10.1. The van der Waals surface area contributed by atoms with Crippen LogP contribution in [0.2, 0.25) is 0 Å². The average molecular weight is 395 g/mol. The molecule has 0 spiro atoms. The molecule has 0 saturated carbocycles. The molecule has 0 unspecified atom stereocenters. The molecule has 0 aliphatic rings. The molecule has 2 aromatic heterocycles. The van der Waals surface area contributed by atoms with Crippen LogP contribution in [-0.4, -0.2) is 24.7 Å². The quantitative estimate of drug-likeness (QED) is 0.506. The number of rotatable bonds is 6. The minimum absolute atomic E-state index is 0.128. The second-order valence-electron chi connectivity index (χ2n) is 6.22.